The number of rotatable bonds is 1. The van der Waals surface area contributed by atoms with Crippen LogP contribution in [0.3, 0.4) is 0 Å². The number of hydrogen-bond acceptors (Lipinski definition) is 1. The van der Waals surface area contributed by atoms with Crippen LogP contribution in [0.2, 0.25) is 0 Å². The first-order chi connectivity index (χ1) is 4.37. The van der Waals surface area contributed by atoms with Gasteiger partial charge in [0.25, 0.3) is 0 Å². The van der Waals surface area contributed by atoms with Crippen LogP contribution in [0.15, 0.2) is 0 Å². The molecule has 0 aromatic rings. The van der Waals surface area contributed by atoms with E-state index >= 15 is 0 Å². The molecule has 2 fully saturated rings. The lowest BCUT2D eigenvalue weighted by molar-refractivity contribution is 0.387. The zero-order valence-electron chi connectivity index (χ0n) is 6.11. The van der Waals surface area contributed by atoms with E-state index in [-0.39, 0.29) is 0 Å². The van der Waals surface area contributed by atoms with Gasteiger partial charge < -0.3 is 5.32 Å². The summed E-state index contributed by atoms with van der Waals surface area (Å²) in [6.45, 7) is 4.92. The second-order valence-electron chi connectivity index (χ2n) is 3.60. The van der Waals surface area contributed by atoms with Crippen LogP contribution < -0.4 is 5.32 Å². The summed E-state index contributed by atoms with van der Waals surface area (Å²) in [5.41, 5.74) is 0.800. The minimum atomic E-state index is 0.800. The van der Waals surface area contributed by atoms with Crippen molar-refractivity contribution in [3.8, 4) is 0 Å². The molecular formula is C8H15N. The maximum Gasteiger partial charge on any atom is 0.00111 e. The van der Waals surface area contributed by atoms with Gasteiger partial charge in [0, 0.05) is 6.54 Å². The first kappa shape index (κ1) is 5.72. The first-order valence-corrected chi connectivity index (χ1v) is 4.08. The molecule has 1 heteroatoms. The lowest BCUT2D eigenvalue weighted by Crippen LogP contribution is -2.11. The Morgan fingerprint density at radius 3 is 2.78 bits per heavy atom. The quantitative estimate of drug-likeness (QED) is 0.558. The molecule has 2 rings (SSSR count). The fraction of sp³-hybridized carbons (Fsp3) is 1.00. The molecule has 1 aliphatic carbocycles. The highest BCUT2D eigenvalue weighted by Crippen LogP contribution is 2.54. The third kappa shape index (κ3) is 0.710. The molecule has 1 spiro atoms. The van der Waals surface area contributed by atoms with Crippen molar-refractivity contribution in [1.82, 2.24) is 5.32 Å². The Morgan fingerprint density at radius 2 is 2.33 bits per heavy atom. The van der Waals surface area contributed by atoms with Gasteiger partial charge in [-0.25, -0.2) is 0 Å². The summed E-state index contributed by atoms with van der Waals surface area (Å²) in [5.74, 6) is 1.01. The molecule has 0 unspecified atom stereocenters. The molecule has 1 nitrogen and oxygen atoms in total. The molecule has 1 saturated carbocycles. The Morgan fingerprint density at radius 1 is 1.56 bits per heavy atom. The molecule has 9 heavy (non-hydrogen) atoms. The Bertz CT molecular complexity index is 116. The van der Waals surface area contributed by atoms with E-state index in [9.17, 15) is 0 Å². The van der Waals surface area contributed by atoms with Gasteiger partial charge in [-0.2, -0.15) is 0 Å². The lowest BCUT2D eigenvalue weighted by atomic mass is 9.91. The summed E-state index contributed by atoms with van der Waals surface area (Å²) in [6.07, 6.45) is 4.38. The first-order valence-electron chi connectivity index (χ1n) is 4.08. The molecule has 1 aliphatic heterocycles. The highest BCUT2D eigenvalue weighted by atomic mass is 15.0. The van der Waals surface area contributed by atoms with Crippen molar-refractivity contribution in [2.24, 2.45) is 11.3 Å². The fourth-order valence-corrected chi connectivity index (χ4v) is 2.18. The Hall–Kier alpha value is -0.0400. The number of nitrogens with one attached hydrogen (secondary N) is 1. The zero-order chi connectivity index (χ0) is 6.32. The summed E-state index contributed by atoms with van der Waals surface area (Å²) in [7, 11) is 0. The van der Waals surface area contributed by atoms with Gasteiger partial charge in [-0.1, -0.05) is 13.3 Å². The van der Waals surface area contributed by atoms with Gasteiger partial charge in [0.15, 0.2) is 0 Å². The van der Waals surface area contributed by atoms with Gasteiger partial charge in [-0.05, 0) is 30.7 Å². The number of hydrogen-bond donors (Lipinski definition) is 1. The van der Waals surface area contributed by atoms with Gasteiger partial charge in [0.2, 0.25) is 0 Å². The molecule has 0 bridgehead atoms. The van der Waals surface area contributed by atoms with Crippen LogP contribution in [-0.4, -0.2) is 13.1 Å². The summed E-state index contributed by atoms with van der Waals surface area (Å²) in [4.78, 5) is 0. The average molecular weight is 125 g/mol. The fourth-order valence-electron chi connectivity index (χ4n) is 2.18. The molecule has 0 aromatic carbocycles. The topological polar surface area (TPSA) is 12.0 Å². The molecule has 0 amide bonds. The molecule has 2 aliphatic rings. The normalized spacial score (nSPS) is 37.7. The van der Waals surface area contributed by atoms with Crippen LogP contribution in [0.25, 0.3) is 0 Å². The van der Waals surface area contributed by atoms with Crippen LogP contribution in [-0.2, 0) is 0 Å². The molecule has 0 aromatic heterocycles. The minimum Gasteiger partial charge on any atom is -0.316 e. The van der Waals surface area contributed by atoms with E-state index in [2.05, 4.69) is 12.2 Å². The molecule has 52 valence electrons. The van der Waals surface area contributed by atoms with Gasteiger partial charge >= 0.3 is 0 Å². The summed E-state index contributed by atoms with van der Waals surface area (Å²) in [6, 6.07) is 0. The second-order valence-corrected chi connectivity index (χ2v) is 3.60. The van der Waals surface area contributed by atoms with Crippen molar-refractivity contribution in [2.45, 2.75) is 26.2 Å². The SMILES string of the molecule is CC[C@@H]1CNCC12CC2. The third-order valence-electron chi connectivity index (χ3n) is 3.12. The summed E-state index contributed by atoms with van der Waals surface area (Å²) >= 11 is 0. The van der Waals surface area contributed by atoms with Crippen molar-refractivity contribution in [2.75, 3.05) is 13.1 Å². The highest BCUT2D eigenvalue weighted by molar-refractivity contribution is 5.04. The second kappa shape index (κ2) is 1.72. The summed E-state index contributed by atoms with van der Waals surface area (Å²) < 4.78 is 0. The molecular weight excluding hydrogens is 110 g/mol. The van der Waals surface area contributed by atoms with E-state index in [1.54, 1.807) is 0 Å². The van der Waals surface area contributed by atoms with Crippen LogP contribution in [0.4, 0.5) is 0 Å². The van der Waals surface area contributed by atoms with E-state index in [1.807, 2.05) is 0 Å². The Balaban J connectivity index is 2.05. The minimum absolute atomic E-state index is 0.800. The van der Waals surface area contributed by atoms with Gasteiger partial charge in [0.1, 0.15) is 0 Å². The monoisotopic (exact) mass is 125 g/mol. The predicted molar refractivity (Wildman–Crippen MR) is 38.3 cm³/mol. The van der Waals surface area contributed by atoms with Crippen LogP contribution >= 0.6 is 0 Å². The molecule has 1 heterocycles. The molecule has 0 radical (unpaired) electrons. The van der Waals surface area contributed by atoms with E-state index < -0.39 is 0 Å². The molecule has 1 atom stereocenters. The lowest BCUT2D eigenvalue weighted by Gasteiger charge is -2.13. The van der Waals surface area contributed by atoms with E-state index in [0.717, 1.165) is 11.3 Å². The van der Waals surface area contributed by atoms with Crippen molar-refractivity contribution >= 4 is 0 Å². The highest BCUT2D eigenvalue weighted by Gasteiger charge is 2.50. The van der Waals surface area contributed by atoms with Gasteiger partial charge in [0.05, 0.1) is 0 Å². The molecule has 1 saturated heterocycles. The van der Waals surface area contributed by atoms with Crippen molar-refractivity contribution in [1.29, 1.82) is 0 Å². The maximum atomic E-state index is 3.48. The van der Waals surface area contributed by atoms with Crippen LogP contribution in [0.5, 0.6) is 0 Å². The predicted octanol–water partition coefficient (Wildman–Crippen LogP) is 1.40. The van der Waals surface area contributed by atoms with Gasteiger partial charge in [-0.3, -0.25) is 0 Å². The van der Waals surface area contributed by atoms with E-state index in [4.69, 9.17) is 0 Å². The molecule has 1 N–H and O–H groups in total. The van der Waals surface area contributed by atoms with Crippen molar-refractivity contribution in [3.05, 3.63) is 0 Å². The van der Waals surface area contributed by atoms with Crippen LogP contribution in [0, 0.1) is 11.3 Å². The maximum absolute atomic E-state index is 3.48. The van der Waals surface area contributed by atoms with Crippen LogP contribution in [0.1, 0.15) is 26.2 Å². The standard InChI is InChI=1S/C8H15N/c1-2-7-5-9-6-8(7)3-4-8/h7,9H,2-6H2,1H3/t7-/m1/s1. The third-order valence-corrected chi connectivity index (χ3v) is 3.12. The van der Waals surface area contributed by atoms with Crippen molar-refractivity contribution < 1.29 is 0 Å². The van der Waals surface area contributed by atoms with Gasteiger partial charge in [-0.15, -0.1) is 0 Å². The summed E-state index contributed by atoms with van der Waals surface area (Å²) in [5, 5.41) is 3.48. The van der Waals surface area contributed by atoms with Crippen molar-refractivity contribution in [3.63, 3.8) is 0 Å². The largest absolute Gasteiger partial charge is 0.316 e. The zero-order valence-corrected chi connectivity index (χ0v) is 6.11. The smallest absolute Gasteiger partial charge is 0.00111 e. The Labute approximate surface area is 56.8 Å². The van der Waals surface area contributed by atoms with E-state index in [1.165, 1.54) is 32.4 Å². The van der Waals surface area contributed by atoms with E-state index in [0.29, 0.717) is 0 Å². The average Bonchev–Trinajstić information content (AvgIpc) is 2.45. The Kier molecular flexibility index (Phi) is 1.10.